The number of fused-ring (bicyclic) bond motifs is 1. The highest BCUT2D eigenvalue weighted by Crippen LogP contribution is 2.33. The van der Waals surface area contributed by atoms with E-state index in [9.17, 15) is 10.1 Å². The van der Waals surface area contributed by atoms with Crippen molar-refractivity contribution in [3.63, 3.8) is 0 Å². The molecule has 0 saturated heterocycles. The Morgan fingerprint density at radius 1 is 1.09 bits per heavy atom. The van der Waals surface area contributed by atoms with Crippen LogP contribution in [-0.2, 0) is 11.4 Å². The largest absolute Gasteiger partial charge is 0.488 e. The number of benzene rings is 3. The van der Waals surface area contributed by atoms with Gasteiger partial charge in [0.15, 0.2) is 11.5 Å². The van der Waals surface area contributed by atoms with Crippen LogP contribution in [0, 0.1) is 11.3 Å². The van der Waals surface area contributed by atoms with Crippen molar-refractivity contribution in [2.24, 2.45) is 0 Å². The molecule has 0 spiro atoms. The number of carbonyl (C=O) groups excluding carboxylic acids is 1. The zero-order valence-electron chi connectivity index (χ0n) is 16.6. The van der Waals surface area contributed by atoms with Gasteiger partial charge in [0.1, 0.15) is 24.0 Å². The molecule has 4 rings (SSSR count). The Balaban J connectivity index is 1.43. The molecule has 8 heteroatoms. The molecule has 0 aromatic heterocycles. The van der Waals surface area contributed by atoms with Crippen LogP contribution in [0.5, 0.6) is 17.2 Å². The molecule has 1 heterocycles. The standard InChI is InChI=1S/C24H16Br2N2O4/c25-18-2-1-3-19(11-18)28-24(29)17(12-27)8-15-4-6-21(20(26)9-15)30-13-16-5-7-22-23(10-16)32-14-31-22/h1-11H,13-14H2,(H,28,29)/b17-8-. The zero-order chi connectivity index (χ0) is 22.5. The van der Waals surface area contributed by atoms with Gasteiger partial charge in [0.25, 0.3) is 5.91 Å². The van der Waals surface area contributed by atoms with Crippen LogP contribution in [0.25, 0.3) is 6.08 Å². The topological polar surface area (TPSA) is 80.6 Å². The van der Waals surface area contributed by atoms with E-state index < -0.39 is 5.91 Å². The van der Waals surface area contributed by atoms with Crippen LogP contribution < -0.4 is 19.5 Å². The predicted molar refractivity (Wildman–Crippen MR) is 127 cm³/mol. The molecule has 1 aliphatic rings. The van der Waals surface area contributed by atoms with E-state index in [1.54, 1.807) is 36.4 Å². The number of amides is 1. The maximum absolute atomic E-state index is 12.5. The van der Waals surface area contributed by atoms with Crippen molar-refractivity contribution in [3.05, 3.63) is 86.3 Å². The van der Waals surface area contributed by atoms with Gasteiger partial charge in [-0.1, -0.05) is 34.1 Å². The minimum atomic E-state index is -0.482. The highest BCUT2D eigenvalue weighted by Gasteiger charge is 2.14. The summed E-state index contributed by atoms with van der Waals surface area (Å²) in [5, 5.41) is 12.2. The third kappa shape index (κ3) is 5.31. The molecule has 0 radical (unpaired) electrons. The number of nitrogens with one attached hydrogen (secondary N) is 1. The summed E-state index contributed by atoms with van der Waals surface area (Å²) in [5.74, 6) is 1.58. The van der Waals surface area contributed by atoms with Crippen LogP contribution in [0.3, 0.4) is 0 Å². The first kappa shape index (κ1) is 21.9. The molecule has 0 bridgehead atoms. The van der Waals surface area contributed by atoms with Crippen LogP contribution in [0.15, 0.2) is 75.2 Å². The van der Waals surface area contributed by atoms with E-state index in [-0.39, 0.29) is 12.4 Å². The first-order valence-electron chi connectivity index (χ1n) is 9.51. The molecule has 0 unspecified atom stereocenters. The van der Waals surface area contributed by atoms with Gasteiger partial charge in [-0.05, 0) is 75.6 Å². The molecule has 0 fully saturated rings. The first-order valence-corrected chi connectivity index (χ1v) is 11.1. The van der Waals surface area contributed by atoms with Gasteiger partial charge in [0.2, 0.25) is 6.79 Å². The molecule has 3 aromatic rings. The van der Waals surface area contributed by atoms with E-state index >= 15 is 0 Å². The summed E-state index contributed by atoms with van der Waals surface area (Å²) in [5.41, 5.74) is 2.22. The molecule has 6 nitrogen and oxygen atoms in total. The van der Waals surface area contributed by atoms with Gasteiger partial charge in [0.05, 0.1) is 4.47 Å². The van der Waals surface area contributed by atoms with Gasteiger partial charge < -0.3 is 19.5 Å². The molecule has 160 valence electrons. The fraction of sp³-hybridized carbons (Fsp3) is 0.0833. The quantitative estimate of drug-likeness (QED) is 0.295. The normalized spacial score (nSPS) is 12.2. The van der Waals surface area contributed by atoms with E-state index in [2.05, 4.69) is 37.2 Å². The number of carbonyl (C=O) groups is 1. The molecular formula is C24H16Br2N2O4. The Labute approximate surface area is 201 Å². The number of nitrogens with zero attached hydrogens (tertiary/aromatic N) is 1. The summed E-state index contributed by atoms with van der Waals surface area (Å²) >= 11 is 6.85. The lowest BCUT2D eigenvalue weighted by molar-refractivity contribution is -0.112. The maximum Gasteiger partial charge on any atom is 0.266 e. The molecule has 0 saturated carbocycles. The second-order valence-electron chi connectivity index (χ2n) is 6.80. The number of halogens is 2. The number of anilines is 1. The molecule has 3 aromatic carbocycles. The SMILES string of the molecule is N#C/C(=C/c1ccc(OCc2ccc3c(c2)OCO3)c(Br)c1)C(=O)Nc1cccc(Br)c1. The lowest BCUT2D eigenvalue weighted by Gasteiger charge is -2.10. The summed E-state index contributed by atoms with van der Waals surface area (Å²) in [6.45, 7) is 0.578. The molecule has 1 amide bonds. The lowest BCUT2D eigenvalue weighted by Crippen LogP contribution is -2.13. The number of hydrogen-bond donors (Lipinski definition) is 1. The third-order valence-electron chi connectivity index (χ3n) is 4.55. The van der Waals surface area contributed by atoms with Gasteiger partial charge in [-0.2, -0.15) is 5.26 Å². The summed E-state index contributed by atoms with van der Waals surface area (Å²) in [6.07, 6.45) is 1.53. The van der Waals surface area contributed by atoms with E-state index in [0.717, 1.165) is 15.8 Å². The molecule has 1 aliphatic heterocycles. The molecule has 0 atom stereocenters. The minimum Gasteiger partial charge on any atom is -0.488 e. The first-order chi connectivity index (χ1) is 15.5. The third-order valence-corrected chi connectivity index (χ3v) is 5.66. The van der Waals surface area contributed by atoms with Crippen molar-refractivity contribution in [2.75, 3.05) is 12.1 Å². The monoisotopic (exact) mass is 554 g/mol. The highest BCUT2D eigenvalue weighted by molar-refractivity contribution is 9.10. The highest BCUT2D eigenvalue weighted by atomic mass is 79.9. The number of ether oxygens (including phenoxy) is 3. The summed E-state index contributed by atoms with van der Waals surface area (Å²) in [7, 11) is 0. The smallest absolute Gasteiger partial charge is 0.266 e. The van der Waals surface area contributed by atoms with Crippen molar-refractivity contribution in [1.29, 1.82) is 5.26 Å². The minimum absolute atomic E-state index is 0.00842. The average Bonchev–Trinajstić information content (AvgIpc) is 3.24. The Hall–Kier alpha value is -3.28. The second kappa shape index (κ2) is 9.90. The van der Waals surface area contributed by atoms with Crippen molar-refractivity contribution in [3.8, 4) is 23.3 Å². The maximum atomic E-state index is 12.5. The number of nitriles is 1. The number of hydrogen-bond acceptors (Lipinski definition) is 5. The van der Waals surface area contributed by atoms with Crippen LogP contribution in [0.1, 0.15) is 11.1 Å². The van der Waals surface area contributed by atoms with Gasteiger partial charge in [0, 0.05) is 10.2 Å². The fourth-order valence-electron chi connectivity index (χ4n) is 3.00. The van der Waals surface area contributed by atoms with Gasteiger partial charge in [-0.15, -0.1) is 0 Å². The van der Waals surface area contributed by atoms with Crippen molar-refractivity contribution >= 4 is 49.5 Å². The summed E-state index contributed by atoms with van der Waals surface area (Å²) < 4.78 is 18.1. The molecule has 1 N–H and O–H groups in total. The molecule has 32 heavy (non-hydrogen) atoms. The molecular weight excluding hydrogens is 540 g/mol. The van der Waals surface area contributed by atoms with Crippen molar-refractivity contribution in [2.45, 2.75) is 6.61 Å². The average molecular weight is 556 g/mol. The van der Waals surface area contributed by atoms with Crippen molar-refractivity contribution in [1.82, 2.24) is 0 Å². The van der Waals surface area contributed by atoms with Gasteiger partial charge >= 0.3 is 0 Å². The summed E-state index contributed by atoms with van der Waals surface area (Å²) in [4.78, 5) is 12.5. The Morgan fingerprint density at radius 3 is 2.72 bits per heavy atom. The van der Waals surface area contributed by atoms with E-state index in [1.165, 1.54) is 6.08 Å². The summed E-state index contributed by atoms with van der Waals surface area (Å²) in [6, 6.07) is 20.1. The molecule has 0 aliphatic carbocycles. The fourth-order valence-corrected chi connectivity index (χ4v) is 3.91. The number of rotatable bonds is 6. The predicted octanol–water partition coefficient (Wildman–Crippen LogP) is 6.06. The zero-order valence-corrected chi connectivity index (χ0v) is 19.8. The Bertz CT molecular complexity index is 1250. The van der Waals surface area contributed by atoms with Gasteiger partial charge in [-0.25, -0.2) is 0 Å². The van der Waals surface area contributed by atoms with Crippen LogP contribution in [0.4, 0.5) is 5.69 Å². The second-order valence-corrected chi connectivity index (χ2v) is 8.57. The van der Waals surface area contributed by atoms with Crippen LogP contribution in [-0.4, -0.2) is 12.7 Å². The Morgan fingerprint density at radius 2 is 1.94 bits per heavy atom. The van der Waals surface area contributed by atoms with Crippen LogP contribution >= 0.6 is 31.9 Å². The lowest BCUT2D eigenvalue weighted by atomic mass is 10.1. The van der Waals surface area contributed by atoms with E-state index in [4.69, 9.17) is 14.2 Å². The van der Waals surface area contributed by atoms with E-state index in [1.807, 2.05) is 30.3 Å². The van der Waals surface area contributed by atoms with Crippen molar-refractivity contribution < 1.29 is 19.0 Å². The Kier molecular flexibility index (Phi) is 6.78. The van der Waals surface area contributed by atoms with E-state index in [0.29, 0.717) is 33.8 Å². The van der Waals surface area contributed by atoms with Gasteiger partial charge in [-0.3, -0.25) is 4.79 Å². The van der Waals surface area contributed by atoms with Crippen LogP contribution in [0.2, 0.25) is 0 Å².